The molecule has 0 saturated carbocycles. The Labute approximate surface area is 157 Å². The van der Waals surface area contributed by atoms with Gasteiger partial charge >= 0.3 is 159 Å². The van der Waals surface area contributed by atoms with Crippen LogP contribution >= 0.6 is 17.0 Å². The predicted octanol–water partition coefficient (Wildman–Crippen LogP) is 7.27. The maximum absolute atomic E-state index is 7.71. The van der Waals surface area contributed by atoms with E-state index in [4.69, 9.17) is 17.0 Å². The van der Waals surface area contributed by atoms with E-state index >= 15 is 0 Å². The van der Waals surface area contributed by atoms with E-state index in [1.807, 2.05) is 0 Å². The van der Waals surface area contributed by atoms with E-state index in [2.05, 4.69) is 87.5 Å². The van der Waals surface area contributed by atoms with Gasteiger partial charge in [0.2, 0.25) is 0 Å². The molecule has 0 bridgehead atoms. The Morgan fingerprint density at radius 2 is 1.40 bits per heavy atom. The SMILES string of the molecule is CC1=C[CH]([Zr]([Cl])([Cl])(=[C](C)C)[CH]2c3ccccc3-c3ccccc32)C=C1. The van der Waals surface area contributed by atoms with Gasteiger partial charge in [0.05, 0.1) is 0 Å². The minimum absolute atomic E-state index is 0.0963. The molecule has 1 atom stereocenters. The van der Waals surface area contributed by atoms with Gasteiger partial charge in [-0.25, -0.2) is 0 Å². The van der Waals surface area contributed by atoms with E-state index in [1.54, 1.807) is 0 Å². The summed E-state index contributed by atoms with van der Waals surface area (Å²) in [7, 11) is 15.4. The Bertz CT molecular complexity index is 955. The third-order valence-electron chi connectivity index (χ3n) is 5.94. The van der Waals surface area contributed by atoms with E-state index in [-0.39, 0.29) is 7.25 Å². The van der Waals surface area contributed by atoms with Crippen molar-refractivity contribution >= 4 is 20.2 Å². The summed E-state index contributed by atoms with van der Waals surface area (Å²) < 4.78 is 1.46. The molecule has 0 nitrogen and oxygen atoms in total. The first-order valence-corrected chi connectivity index (χ1v) is 19.2. The third kappa shape index (κ3) is 2.39. The van der Waals surface area contributed by atoms with Crippen LogP contribution in [0.3, 0.4) is 0 Å². The zero-order valence-electron chi connectivity index (χ0n) is 14.8. The molecule has 4 rings (SSSR count). The van der Waals surface area contributed by atoms with E-state index < -0.39 is 15.9 Å². The number of rotatable bonds is 2. The topological polar surface area (TPSA) is 0 Å². The molecule has 1 unspecified atom stereocenters. The predicted molar refractivity (Wildman–Crippen MR) is 108 cm³/mol. The number of hydrogen-bond acceptors (Lipinski definition) is 0. The molecular weight excluding hydrogens is 426 g/mol. The van der Waals surface area contributed by atoms with Gasteiger partial charge in [-0.2, -0.15) is 0 Å². The summed E-state index contributed by atoms with van der Waals surface area (Å²) in [5, 5.41) is 0. The van der Waals surface area contributed by atoms with Gasteiger partial charge in [-0.15, -0.1) is 0 Å². The van der Waals surface area contributed by atoms with Gasteiger partial charge in [0.1, 0.15) is 0 Å². The van der Waals surface area contributed by atoms with Crippen LogP contribution in [0.5, 0.6) is 0 Å². The van der Waals surface area contributed by atoms with Crippen LogP contribution in [0.15, 0.2) is 72.3 Å². The molecule has 0 amide bonds. The van der Waals surface area contributed by atoms with Crippen molar-refractivity contribution in [3.8, 4) is 11.1 Å². The molecular formula is C22H22Cl2Zr. The zero-order chi connectivity index (χ0) is 17.8. The second-order valence-electron chi connectivity index (χ2n) is 7.56. The van der Waals surface area contributed by atoms with Crippen LogP contribution in [-0.2, 0) is 15.9 Å². The van der Waals surface area contributed by atoms with E-state index in [9.17, 15) is 0 Å². The van der Waals surface area contributed by atoms with Crippen LogP contribution in [0.4, 0.5) is 0 Å². The Kier molecular flexibility index (Phi) is 4.15. The van der Waals surface area contributed by atoms with Gasteiger partial charge in [0, 0.05) is 0 Å². The quantitative estimate of drug-likeness (QED) is 0.453. The molecule has 2 aromatic carbocycles. The fourth-order valence-electron chi connectivity index (χ4n) is 4.52. The van der Waals surface area contributed by atoms with Crippen LogP contribution in [0.2, 0.25) is 3.63 Å². The molecule has 0 aromatic heterocycles. The summed E-state index contributed by atoms with van der Waals surface area (Å²) in [5.41, 5.74) is 6.42. The zero-order valence-corrected chi connectivity index (χ0v) is 18.7. The van der Waals surface area contributed by atoms with Crippen molar-refractivity contribution in [1.82, 2.24) is 0 Å². The standard InChI is InChI=1S/C13H9.C6H7.C3H6.2ClH.Zr/c1-3-7-12-10(5-1)9-11-6-2-4-8-13(11)12;1-6-4-2-3-5-6;1-3-2;;;/h1-9H;2-5H,1H3;1-2H3;2*1H;/q;;;;;+2/p-2. The van der Waals surface area contributed by atoms with E-state index in [1.165, 1.54) is 31.0 Å². The first-order valence-electron chi connectivity index (χ1n) is 8.76. The number of hydrogen-bond donors (Lipinski definition) is 0. The van der Waals surface area contributed by atoms with Crippen molar-refractivity contribution in [2.75, 3.05) is 0 Å². The average molecular weight is 449 g/mol. The Hall–Kier alpha value is -0.747. The summed E-state index contributed by atoms with van der Waals surface area (Å²) in [6.45, 7) is 6.41. The van der Waals surface area contributed by atoms with Crippen molar-refractivity contribution in [2.24, 2.45) is 0 Å². The van der Waals surface area contributed by atoms with Gasteiger partial charge in [-0.1, -0.05) is 0 Å². The molecule has 25 heavy (non-hydrogen) atoms. The summed E-state index contributed by atoms with van der Waals surface area (Å²) in [5.74, 6) is 0. The maximum atomic E-state index is 7.71. The van der Waals surface area contributed by atoms with Gasteiger partial charge in [0.25, 0.3) is 0 Å². The summed E-state index contributed by atoms with van der Waals surface area (Å²) in [6, 6.07) is 17.3. The fourth-order valence-corrected chi connectivity index (χ4v) is 19.5. The second kappa shape index (κ2) is 5.88. The summed E-state index contributed by atoms with van der Waals surface area (Å²) >= 11 is -4.43. The Balaban J connectivity index is 2.09. The average Bonchev–Trinajstić information content (AvgIpc) is 3.17. The van der Waals surface area contributed by atoms with Crippen molar-refractivity contribution in [3.05, 3.63) is 83.5 Å². The molecule has 0 radical (unpaired) electrons. The Morgan fingerprint density at radius 1 is 0.880 bits per heavy atom. The molecule has 2 aliphatic rings. The fraction of sp³-hybridized carbons (Fsp3) is 0.227. The van der Waals surface area contributed by atoms with Crippen molar-refractivity contribution in [1.29, 1.82) is 0 Å². The van der Waals surface area contributed by atoms with Gasteiger partial charge in [-0.3, -0.25) is 0 Å². The molecule has 3 heteroatoms. The van der Waals surface area contributed by atoms with Crippen LogP contribution in [-0.4, -0.2) is 3.21 Å². The molecule has 0 heterocycles. The van der Waals surface area contributed by atoms with Crippen LogP contribution in [0.1, 0.15) is 35.5 Å². The van der Waals surface area contributed by atoms with E-state index in [0.29, 0.717) is 0 Å². The molecule has 0 fully saturated rings. The van der Waals surface area contributed by atoms with Crippen LogP contribution in [0, 0.1) is 0 Å². The molecule has 128 valence electrons. The normalized spacial score (nSPS) is 19.6. The van der Waals surface area contributed by atoms with E-state index in [0.717, 1.165) is 0 Å². The molecule has 0 spiro atoms. The first kappa shape index (κ1) is 17.7. The number of benzene rings is 2. The second-order valence-corrected chi connectivity index (χ2v) is 29.5. The van der Waals surface area contributed by atoms with Crippen LogP contribution < -0.4 is 0 Å². The van der Waals surface area contributed by atoms with Gasteiger partial charge in [-0.05, 0) is 0 Å². The van der Waals surface area contributed by atoms with Crippen LogP contribution in [0.25, 0.3) is 11.1 Å². The van der Waals surface area contributed by atoms with Crippen molar-refractivity contribution in [2.45, 2.75) is 28.0 Å². The third-order valence-corrected chi connectivity index (χ3v) is 28.7. The van der Waals surface area contributed by atoms with Crippen molar-refractivity contribution < 1.29 is 15.9 Å². The monoisotopic (exact) mass is 446 g/mol. The number of fused-ring (bicyclic) bond motifs is 3. The molecule has 0 N–H and O–H groups in total. The molecule has 2 aromatic rings. The molecule has 2 aliphatic carbocycles. The van der Waals surface area contributed by atoms with Gasteiger partial charge in [0.15, 0.2) is 0 Å². The summed E-state index contributed by atoms with van der Waals surface area (Å²) in [4.78, 5) is 0. The van der Waals surface area contributed by atoms with Crippen molar-refractivity contribution in [3.63, 3.8) is 0 Å². The Morgan fingerprint density at radius 3 is 1.84 bits per heavy atom. The first-order chi connectivity index (χ1) is 11.8. The molecule has 0 saturated heterocycles. The minimum atomic E-state index is -4.43. The molecule has 0 aliphatic heterocycles. The summed E-state index contributed by atoms with van der Waals surface area (Å²) in [6.07, 6.45) is 6.68. The van der Waals surface area contributed by atoms with Gasteiger partial charge < -0.3 is 0 Å². The number of halogens is 2. The number of allylic oxidation sites excluding steroid dienone is 4.